The molecule has 2 unspecified atom stereocenters. The van der Waals surface area contributed by atoms with Crippen molar-refractivity contribution in [3.8, 4) is 0 Å². The Morgan fingerprint density at radius 2 is 2.25 bits per heavy atom. The van der Waals surface area contributed by atoms with E-state index in [0.717, 1.165) is 6.54 Å². The number of nitrogens with one attached hydrogen (secondary N) is 1. The summed E-state index contributed by atoms with van der Waals surface area (Å²) in [5.41, 5.74) is 2.91. The fourth-order valence-corrected chi connectivity index (χ4v) is 2.87. The highest BCUT2D eigenvalue weighted by atomic mass is 79.9. The van der Waals surface area contributed by atoms with E-state index in [1.54, 1.807) is 0 Å². The van der Waals surface area contributed by atoms with E-state index in [9.17, 15) is 0 Å². The third-order valence-electron chi connectivity index (χ3n) is 2.00. The van der Waals surface area contributed by atoms with E-state index in [0.29, 0.717) is 10.6 Å². The molecule has 70 valence electrons. The molecule has 1 fully saturated rings. The second-order valence-corrected chi connectivity index (χ2v) is 3.82. The maximum atomic E-state index is 4.24. The number of aliphatic imine (C=N–C) groups is 1. The highest BCUT2D eigenvalue weighted by Gasteiger charge is 2.44. The Kier molecular flexibility index (Phi) is 4.29. The van der Waals surface area contributed by atoms with Crippen LogP contribution in [0, 0.1) is 0 Å². The first-order valence-corrected chi connectivity index (χ1v) is 4.05. The molecule has 0 saturated carbocycles. The molecule has 0 radical (unpaired) electrons. The van der Waals surface area contributed by atoms with Gasteiger partial charge in [-0.05, 0) is 0 Å². The van der Waals surface area contributed by atoms with Crippen LogP contribution in [0.3, 0.4) is 0 Å². The topological polar surface area (TPSA) is 59.4 Å². The molecule has 3 nitrogen and oxygen atoms in total. The monoisotopic (exact) mass is 315 g/mol. The van der Waals surface area contributed by atoms with Gasteiger partial charge in [0.15, 0.2) is 0 Å². The summed E-state index contributed by atoms with van der Waals surface area (Å²) in [7, 11) is 0. The SMILES string of the molecule is Br.Br.C1=NCC2SC3NC2=C13.N. The molecule has 4 heterocycles. The van der Waals surface area contributed by atoms with E-state index in [4.69, 9.17) is 0 Å². The summed E-state index contributed by atoms with van der Waals surface area (Å²) >= 11 is 2.00. The van der Waals surface area contributed by atoms with Crippen LogP contribution in [0.25, 0.3) is 0 Å². The first-order valence-electron chi connectivity index (χ1n) is 3.11. The molecule has 4 aliphatic heterocycles. The average Bonchev–Trinajstić information content (AvgIpc) is 2.30. The van der Waals surface area contributed by atoms with Crippen LogP contribution >= 0.6 is 45.7 Å². The number of rotatable bonds is 0. The van der Waals surface area contributed by atoms with Gasteiger partial charge in [-0.15, -0.1) is 45.7 Å². The van der Waals surface area contributed by atoms with E-state index in [-0.39, 0.29) is 40.1 Å². The van der Waals surface area contributed by atoms with Crippen molar-refractivity contribution >= 4 is 51.9 Å². The number of nitrogens with zero attached hydrogens (tertiary/aromatic N) is 1. The molecule has 6 heteroatoms. The van der Waals surface area contributed by atoms with Crippen molar-refractivity contribution in [2.45, 2.75) is 10.6 Å². The summed E-state index contributed by atoms with van der Waals surface area (Å²) in [4.78, 5) is 4.24. The number of dihydropyridines is 1. The smallest absolute Gasteiger partial charge is 0.102 e. The van der Waals surface area contributed by atoms with Crippen LogP contribution in [0.1, 0.15) is 0 Å². The van der Waals surface area contributed by atoms with Gasteiger partial charge in [0.2, 0.25) is 0 Å². The molecule has 2 atom stereocenters. The van der Waals surface area contributed by atoms with Crippen molar-refractivity contribution in [3.63, 3.8) is 0 Å². The number of halogens is 2. The molecule has 4 rings (SSSR count). The molecule has 0 aromatic heterocycles. The summed E-state index contributed by atoms with van der Waals surface area (Å²) in [6.07, 6.45) is 2.02. The second kappa shape index (κ2) is 4.13. The zero-order valence-corrected chi connectivity index (χ0v) is 10.6. The number of hydrogen-bond acceptors (Lipinski definition) is 4. The molecule has 0 aromatic rings. The first-order chi connectivity index (χ1) is 4.45. The molecule has 0 aromatic carbocycles. The number of thioether (sulfide) groups is 1. The molecule has 4 bridgehead atoms. The number of hydrogen-bond donors (Lipinski definition) is 2. The highest BCUT2D eigenvalue weighted by molar-refractivity contribution is 8.93. The van der Waals surface area contributed by atoms with Gasteiger partial charge in [-0.25, -0.2) is 0 Å². The van der Waals surface area contributed by atoms with Gasteiger partial charge in [0.1, 0.15) is 5.37 Å². The Morgan fingerprint density at radius 3 is 2.83 bits per heavy atom. The van der Waals surface area contributed by atoms with Crippen molar-refractivity contribution in [1.29, 1.82) is 0 Å². The predicted molar refractivity (Wildman–Crippen MR) is 64.4 cm³/mol. The van der Waals surface area contributed by atoms with Crippen LogP contribution in [0.15, 0.2) is 16.3 Å². The van der Waals surface area contributed by atoms with Crippen LogP contribution in [0.5, 0.6) is 0 Å². The Hall–Kier alpha value is 0.480. The van der Waals surface area contributed by atoms with Gasteiger partial charge in [-0.3, -0.25) is 4.99 Å². The lowest BCUT2D eigenvalue weighted by atomic mass is 10.0. The van der Waals surface area contributed by atoms with Crippen molar-refractivity contribution in [3.05, 3.63) is 11.3 Å². The van der Waals surface area contributed by atoms with E-state index in [1.165, 1.54) is 11.3 Å². The fourth-order valence-electron chi connectivity index (χ4n) is 1.50. The quantitative estimate of drug-likeness (QED) is 0.715. The van der Waals surface area contributed by atoms with E-state index in [1.807, 2.05) is 18.0 Å². The standard InChI is InChI=1S/C6H6N2S.2BrH.H3N/c1-3-5-4(2-7-1)9-6(3)8-5;;;/h1,4,6,8H,2H2;2*1H;1H3. The summed E-state index contributed by atoms with van der Waals surface area (Å²) < 4.78 is 0. The van der Waals surface area contributed by atoms with Crippen molar-refractivity contribution in [2.75, 3.05) is 6.54 Å². The van der Waals surface area contributed by atoms with Crippen molar-refractivity contribution in [2.24, 2.45) is 4.99 Å². The Balaban J connectivity index is 0.000000403. The zero-order valence-electron chi connectivity index (χ0n) is 6.32. The normalized spacial score (nSPS) is 32.0. The Morgan fingerprint density at radius 1 is 1.50 bits per heavy atom. The fraction of sp³-hybridized carbons (Fsp3) is 0.500. The predicted octanol–water partition coefficient (Wildman–Crippen LogP) is 1.69. The van der Waals surface area contributed by atoms with Crippen LogP contribution in [0.2, 0.25) is 0 Å². The minimum absolute atomic E-state index is 0. The first kappa shape index (κ1) is 12.5. The second-order valence-electron chi connectivity index (χ2n) is 2.51. The third-order valence-corrected chi connectivity index (χ3v) is 3.36. The lowest BCUT2D eigenvalue weighted by Crippen LogP contribution is -2.36. The van der Waals surface area contributed by atoms with Crippen LogP contribution < -0.4 is 11.5 Å². The van der Waals surface area contributed by atoms with E-state index < -0.39 is 0 Å². The van der Waals surface area contributed by atoms with Crippen LogP contribution in [-0.2, 0) is 0 Å². The van der Waals surface area contributed by atoms with E-state index in [2.05, 4.69) is 10.3 Å². The molecular weight excluding hydrogens is 306 g/mol. The van der Waals surface area contributed by atoms with Gasteiger partial charge in [0.05, 0.1) is 11.8 Å². The average molecular weight is 317 g/mol. The van der Waals surface area contributed by atoms with Crippen molar-refractivity contribution < 1.29 is 0 Å². The molecule has 12 heavy (non-hydrogen) atoms. The van der Waals surface area contributed by atoms with Gasteiger partial charge in [0, 0.05) is 17.5 Å². The van der Waals surface area contributed by atoms with Gasteiger partial charge in [0.25, 0.3) is 0 Å². The lowest BCUT2D eigenvalue weighted by molar-refractivity contribution is 0.727. The van der Waals surface area contributed by atoms with E-state index >= 15 is 0 Å². The van der Waals surface area contributed by atoms with Gasteiger partial charge >= 0.3 is 0 Å². The molecule has 1 saturated heterocycles. The third kappa shape index (κ3) is 1.34. The molecule has 0 amide bonds. The summed E-state index contributed by atoms with van der Waals surface area (Å²) in [6, 6.07) is 0. The molecule has 4 N–H and O–H groups in total. The maximum Gasteiger partial charge on any atom is 0.102 e. The minimum atomic E-state index is 0. The molecular formula is C6H11Br2N3S. The molecule has 0 aliphatic carbocycles. The van der Waals surface area contributed by atoms with Gasteiger partial charge in [-0.2, -0.15) is 0 Å². The summed E-state index contributed by atoms with van der Waals surface area (Å²) in [6.45, 7) is 0.993. The highest BCUT2D eigenvalue weighted by Crippen LogP contribution is 2.45. The van der Waals surface area contributed by atoms with Crippen molar-refractivity contribution in [1.82, 2.24) is 11.5 Å². The summed E-state index contributed by atoms with van der Waals surface area (Å²) in [5, 5.41) is 4.67. The van der Waals surface area contributed by atoms with Gasteiger partial charge in [-0.1, -0.05) is 0 Å². The largest absolute Gasteiger partial charge is 0.371 e. The van der Waals surface area contributed by atoms with Crippen LogP contribution in [0.4, 0.5) is 0 Å². The Labute approximate surface area is 96.6 Å². The summed E-state index contributed by atoms with van der Waals surface area (Å²) in [5.74, 6) is 0. The molecule has 4 aliphatic rings. The minimum Gasteiger partial charge on any atom is -0.371 e. The zero-order chi connectivity index (χ0) is 5.84. The lowest BCUT2D eigenvalue weighted by Gasteiger charge is -2.24. The van der Waals surface area contributed by atoms with Gasteiger partial charge < -0.3 is 11.5 Å². The maximum absolute atomic E-state index is 4.24. The Bertz CT molecular complexity index is 241. The van der Waals surface area contributed by atoms with Crippen LogP contribution in [-0.4, -0.2) is 23.4 Å². The molecule has 0 spiro atoms.